The van der Waals surface area contributed by atoms with E-state index in [1.54, 1.807) is 0 Å². The lowest BCUT2D eigenvalue weighted by Gasteiger charge is -2.28. The van der Waals surface area contributed by atoms with Crippen LogP contribution in [0.1, 0.15) is 31.4 Å². The van der Waals surface area contributed by atoms with Crippen molar-refractivity contribution < 1.29 is 4.74 Å². The maximum Gasteiger partial charge on any atom is 0.164 e. The lowest BCUT2D eigenvalue weighted by Crippen LogP contribution is -2.23. The van der Waals surface area contributed by atoms with Crippen LogP contribution in [0.4, 0.5) is 5.69 Å². The molecule has 0 bridgehead atoms. The van der Waals surface area contributed by atoms with Crippen molar-refractivity contribution in [1.82, 2.24) is 0 Å². The molecule has 0 amide bonds. The summed E-state index contributed by atoms with van der Waals surface area (Å²) in [5.74, 6) is 0.854. The summed E-state index contributed by atoms with van der Waals surface area (Å²) < 4.78 is 5.73. The van der Waals surface area contributed by atoms with Crippen molar-refractivity contribution >= 4 is 23.0 Å². The number of rotatable bonds is 3. The highest BCUT2D eigenvalue weighted by Gasteiger charge is 2.28. The SMILES string of the molecule is CC(=S)Oc1ccccc1N1CCCC1c1ccccc1. The number of anilines is 1. The predicted octanol–water partition coefficient (Wildman–Crippen LogP) is 4.75. The van der Waals surface area contributed by atoms with E-state index in [0.717, 1.165) is 18.0 Å². The molecule has 1 fully saturated rings. The molecule has 0 saturated carbocycles. The molecule has 21 heavy (non-hydrogen) atoms. The van der Waals surface area contributed by atoms with Crippen molar-refractivity contribution in [3.8, 4) is 5.75 Å². The van der Waals surface area contributed by atoms with Crippen LogP contribution in [-0.4, -0.2) is 11.6 Å². The summed E-state index contributed by atoms with van der Waals surface area (Å²) in [5, 5.41) is 0.554. The number of benzene rings is 2. The van der Waals surface area contributed by atoms with Gasteiger partial charge < -0.3 is 9.64 Å². The van der Waals surface area contributed by atoms with Gasteiger partial charge in [-0.3, -0.25) is 0 Å². The molecule has 1 aliphatic rings. The molecule has 0 aromatic heterocycles. The zero-order chi connectivity index (χ0) is 14.7. The minimum absolute atomic E-state index is 0.418. The van der Waals surface area contributed by atoms with Crippen molar-refractivity contribution in [2.75, 3.05) is 11.4 Å². The van der Waals surface area contributed by atoms with Crippen molar-refractivity contribution in [3.63, 3.8) is 0 Å². The Labute approximate surface area is 131 Å². The Hall–Kier alpha value is -1.87. The van der Waals surface area contributed by atoms with Gasteiger partial charge in [-0.05, 0) is 42.8 Å². The van der Waals surface area contributed by atoms with Crippen LogP contribution in [-0.2, 0) is 0 Å². The quantitative estimate of drug-likeness (QED) is 0.758. The molecule has 2 aromatic rings. The molecule has 1 saturated heterocycles. The molecule has 1 atom stereocenters. The summed E-state index contributed by atoms with van der Waals surface area (Å²) >= 11 is 5.09. The summed E-state index contributed by atoms with van der Waals surface area (Å²) in [6, 6.07) is 19.3. The smallest absolute Gasteiger partial charge is 0.164 e. The van der Waals surface area contributed by atoms with E-state index < -0.39 is 0 Å². The van der Waals surface area contributed by atoms with Gasteiger partial charge in [0.15, 0.2) is 10.8 Å². The highest BCUT2D eigenvalue weighted by atomic mass is 32.1. The van der Waals surface area contributed by atoms with Crippen LogP contribution in [0.25, 0.3) is 0 Å². The van der Waals surface area contributed by atoms with Gasteiger partial charge in [0.25, 0.3) is 0 Å². The van der Waals surface area contributed by atoms with Crippen LogP contribution in [0.2, 0.25) is 0 Å². The molecule has 0 spiro atoms. The standard InChI is InChI=1S/C18H19NOS/c1-14(21)20-18-12-6-5-10-17(18)19-13-7-11-16(19)15-8-3-2-4-9-15/h2-6,8-10,12,16H,7,11,13H2,1H3. The first-order chi connectivity index (χ1) is 10.3. The third-order valence-corrected chi connectivity index (χ3v) is 3.95. The molecule has 1 heterocycles. The van der Waals surface area contributed by atoms with Crippen molar-refractivity contribution in [1.29, 1.82) is 0 Å². The van der Waals surface area contributed by atoms with E-state index in [2.05, 4.69) is 47.4 Å². The lowest BCUT2D eigenvalue weighted by molar-refractivity contribution is 0.556. The Kier molecular flexibility index (Phi) is 4.20. The first kappa shape index (κ1) is 14.1. The predicted molar refractivity (Wildman–Crippen MR) is 91.1 cm³/mol. The lowest BCUT2D eigenvalue weighted by atomic mass is 10.0. The average molecular weight is 297 g/mol. The van der Waals surface area contributed by atoms with E-state index in [0.29, 0.717) is 11.1 Å². The van der Waals surface area contributed by atoms with Gasteiger partial charge >= 0.3 is 0 Å². The van der Waals surface area contributed by atoms with Gasteiger partial charge in [-0.2, -0.15) is 0 Å². The zero-order valence-corrected chi connectivity index (χ0v) is 13.0. The normalized spacial score (nSPS) is 17.8. The van der Waals surface area contributed by atoms with E-state index in [4.69, 9.17) is 17.0 Å². The number of para-hydroxylation sites is 2. The number of hydrogen-bond acceptors (Lipinski definition) is 3. The van der Waals surface area contributed by atoms with Gasteiger partial charge in [-0.15, -0.1) is 0 Å². The minimum Gasteiger partial charge on any atom is -0.448 e. The topological polar surface area (TPSA) is 12.5 Å². The molecule has 1 unspecified atom stereocenters. The number of nitrogens with zero attached hydrogens (tertiary/aromatic N) is 1. The average Bonchev–Trinajstić information content (AvgIpc) is 2.97. The van der Waals surface area contributed by atoms with Crippen LogP contribution in [0.5, 0.6) is 5.75 Å². The summed E-state index contributed by atoms with van der Waals surface area (Å²) in [4.78, 5) is 2.43. The Morgan fingerprint density at radius 2 is 1.81 bits per heavy atom. The minimum atomic E-state index is 0.418. The molecule has 3 heteroatoms. The second-order valence-corrected chi connectivity index (χ2v) is 5.90. The van der Waals surface area contributed by atoms with E-state index in [-0.39, 0.29) is 0 Å². The fraction of sp³-hybridized carbons (Fsp3) is 0.278. The molecular weight excluding hydrogens is 278 g/mol. The monoisotopic (exact) mass is 297 g/mol. The Morgan fingerprint density at radius 1 is 1.10 bits per heavy atom. The first-order valence-corrected chi connectivity index (χ1v) is 7.75. The first-order valence-electron chi connectivity index (χ1n) is 7.35. The fourth-order valence-corrected chi connectivity index (χ4v) is 3.10. The van der Waals surface area contributed by atoms with Crippen molar-refractivity contribution in [2.24, 2.45) is 0 Å². The largest absolute Gasteiger partial charge is 0.448 e. The number of thiocarbonyl (C=S) groups is 1. The van der Waals surface area contributed by atoms with Gasteiger partial charge in [0, 0.05) is 13.5 Å². The van der Waals surface area contributed by atoms with Crippen molar-refractivity contribution in [3.05, 3.63) is 60.2 Å². The van der Waals surface area contributed by atoms with Gasteiger partial charge in [0.2, 0.25) is 0 Å². The number of ether oxygens (including phenoxy) is 1. The molecule has 0 radical (unpaired) electrons. The van der Waals surface area contributed by atoms with Crippen LogP contribution < -0.4 is 9.64 Å². The second kappa shape index (κ2) is 6.27. The highest BCUT2D eigenvalue weighted by molar-refractivity contribution is 7.80. The van der Waals surface area contributed by atoms with Crippen molar-refractivity contribution in [2.45, 2.75) is 25.8 Å². The zero-order valence-electron chi connectivity index (χ0n) is 12.2. The van der Waals surface area contributed by atoms with E-state index in [9.17, 15) is 0 Å². The summed E-state index contributed by atoms with van der Waals surface area (Å²) in [6.07, 6.45) is 2.37. The van der Waals surface area contributed by atoms with E-state index >= 15 is 0 Å². The van der Waals surface area contributed by atoms with Crippen LogP contribution in [0.3, 0.4) is 0 Å². The van der Waals surface area contributed by atoms with Gasteiger partial charge in [0.1, 0.15) is 0 Å². The Morgan fingerprint density at radius 3 is 2.57 bits per heavy atom. The highest BCUT2D eigenvalue weighted by Crippen LogP contribution is 2.40. The van der Waals surface area contributed by atoms with E-state index in [1.807, 2.05) is 19.1 Å². The molecule has 1 aliphatic heterocycles. The van der Waals surface area contributed by atoms with Gasteiger partial charge in [0.05, 0.1) is 11.7 Å². The van der Waals surface area contributed by atoms with Crippen LogP contribution in [0, 0.1) is 0 Å². The summed E-state index contributed by atoms with van der Waals surface area (Å²) in [5.41, 5.74) is 2.50. The maximum atomic E-state index is 5.73. The van der Waals surface area contributed by atoms with Gasteiger partial charge in [-0.25, -0.2) is 0 Å². The van der Waals surface area contributed by atoms with Gasteiger partial charge in [-0.1, -0.05) is 42.5 Å². The molecule has 2 aromatic carbocycles. The fourth-order valence-electron chi connectivity index (χ4n) is 3.01. The Bertz CT molecular complexity index is 626. The molecule has 3 rings (SSSR count). The molecule has 0 N–H and O–H groups in total. The van der Waals surface area contributed by atoms with Crippen LogP contribution in [0.15, 0.2) is 54.6 Å². The van der Waals surface area contributed by atoms with Crippen LogP contribution >= 0.6 is 12.2 Å². The third-order valence-electron chi connectivity index (χ3n) is 3.87. The summed E-state index contributed by atoms with van der Waals surface area (Å²) in [7, 11) is 0. The second-order valence-electron chi connectivity index (χ2n) is 5.32. The third kappa shape index (κ3) is 3.08. The summed E-state index contributed by atoms with van der Waals surface area (Å²) in [6.45, 7) is 2.86. The maximum absolute atomic E-state index is 5.73. The Balaban J connectivity index is 1.94. The molecule has 108 valence electrons. The molecule has 2 nitrogen and oxygen atoms in total. The number of hydrogen-bond donors (Lipinski definition) is 0. The molecular formula is C18H19NOS. The molecule has 0 aliphatic carbocycles. The van der Waals surface area contributed by atoms with E-state index in [1.165, 1.54) is 18.4 Å².